The first-order chi connectivity index (χ1) is 18.8. The normalized spacial score (nSPS) is 17.5. The number of piperazine rings is 1. The minimum Gasteiger partial charge on any atom is -0.341 e. The second kappa shape index (κ2) is 14.7. The predicted molar refractivity (Wildman–Crippen MR) is 157 cm³/mol. The third kappa shape index (κ3) is 7.84. The Bertz CT molecular complexity index is 1100. The van der Waals surface area contributed by atoms with E-state index < -0.39 is 12.1 Å². The standard InChI is InChI=1S/C32H46N4O3/c1-6-8-10-11-20-36-24(3)30(37)34(5)29(31(36)38)22-25-15-17-27(18-16-25)28-14-12-13-26(21-28)23-35(19-9-7-2)32(39)33-4/h12-18,21,24,29H,6-11,19-20,22-23H2,1-5H3,(H,33,39)/t24-,29-/m0/s1. The van der Waals surface area contributed by atoms with Crippen molar-refractivity contribution in [2.45, 2.75) is 84.3 Å². The quantitative estimate of drug-likeness (QED) is 0.346. The molecular formula is C32H46N4O3. The summed E-state index contributed by atoms with van der Waals surface area (Å²) < 4.78 is 0. The minimum atomic E-state index is -0.479. The van der Waals surface area contributed by atoms with Gasteiger partial charge >= 0.3 is 6.03 Å². The van der Waals surface area contributed by atoms with E-state index in [0.717, 1.165) is 67.3 Å². The molecule has 1 saturated heterocycles. The van der Waals surface area contributed by atoms with Crippen LogP contribution in [0.3, 0.4) is 0 Å². The van der Waals surface area contributed by atoms with Crippen LogP contribution in [-0.4, -0.2) is 71.8 Å². The molecule has 3 rings (SSSR count). The first-order valence-electron chi connectivity index (χ1n) is 14.5. The highest BCUT2D eigenvalue weighted by molar-refractivity contribution is 5.96. The third-order valence-corrected chi connectivity index (χ3v) is 7.76. The van der Waals surface area contributed by atoms with Gasteiger partial charge in [0.05, 0.1) is 0 Å². The van der Waals surface area contributed by atoms with Crippen LogP contribution in [0.25, 0.3) is 11.1 Å². The predicted octanol–water partition coefficient (Wildman–Crippen LogP) is 5.48. The average molecular weight is 535 g/mol. The van der Waals surface area contributed by atoms with Crippen LogP contribution in [0.2, 0.25) is 0 Å². The van der Waals surface area contributed by atoms with E-state index in [1.54, 1.807) is 23.9 Å². The number of likely N-dealkylation sites (N-methyl/N-ethyl adjacent to an activating group) is 1. The molecule has 1 heterocycles. The van der Waals surface area contributed by atoms with Crippen LogP contribution in [0.15, 0.2) is 48.5 Å². The summed E-state index contributed by atoms with van der Waals surface area (Å²) in [5, 5.41) is 2.74. The molecule has 0 bridgehead atoms. The summed E-state index contributed by atoms with van der Waals surface area (Å²) in [6.45, 7) is 8.05. The van der Waals surface area contributed by atoms with E-state index >= 15 is 0 Å². The first kappa shape index (κ1) is 30.2. The number of carbonyl (C=O) groups is 3. The van der Waals surface area contributed by atoms with E-state index in [0.29, 0.717) is 19.5 Å². The molecule has 1 aliphatic heterocycles. The second-order valence-corrected chi connectivity index (χ2v) is 10.7. The molecule has 0 saturated carbocycles. The molecule has 1 fully saturated rings. The van der Waals surface area contributed by atoms with Crippen LogP contribution >= 0.6 is 0 Å². The molecule has 0 aromatic heterocycles. The number of amides is 4. The van der Waals surface area contributed by atoms with Crippen LogP contribution in [-0.2, 0) is 22.6 Å². The zero-order chi connectivity index (χ0) is 28.4. The van der Waals surface area contributed by atoms with Crippen LogP contribution in [0.4, 0.5) is 4.79 Å². The molecule has 0 spiro atoms. The SMILES string of the molecule is CCCCCCN1C(=O)[C@H](Cc2ccc(-c3cccc(CN(CCCC)C(=O)NC)c3)cc2)N(C)C(=O)[C@@H]1C. The molecule has 1 N–H and O–H groups in total. The van der Waals surface area contributed by atoms with Crippen LogP contribution in [0.1, 0.15) is 70.4 Å². The van der Waals surface area contributed by atoms with Gasteiger partial charge in [-0.15, -0.1) is 0 Å². The fourth-order valence-electron chi connectivity index (χ4n) is 5.25. The van der Waals surface area contributed by atoms with Gasteiger partial charge < -0.3 is 20.0 Å². The summed E-state index contributed by atoms with van der Waals surface area (Å²) in [7, 11) is 3.41. The van der Waals surface area contributed by atoms with E-state index in [2.05, 4.69) is 61.6 Å². The molecule has 7 nitrogen and oxygen atoms in total. The summed E-state index contributed by atoms with van der Waals surface area (Å²) >= 11 is 0. The van der Waals surface area contributed by atoms with Crippen molar-refractivity contribution in [2.24, 2.45) is 0 Å². The summed E-state index contributed by atoms with van der Waals surface area (Å²) in [6.07, 6.45) is 6.79. The number of hydrogen-bond acceptors (Lipinski definition) is 3. The first-order valence-corrected chi connectivity index (χ1v) is 14.5. The van der Waals surface area contributed by atoms with E-state index in [1.165, 1.54) is 0 Å². The van der Waals surface area contributed by atoms with Gasteiger partial charge in [-0.2, -0.15) is 0 Å². The maximum absolute atomic E-state index is 13.4. The molecule has 39 heavy (non-hydrogen) atoms. The number of hydrogen-bond donors (Lipinski definition) is 1. The fraction of sp³-hybridized carbons (Fsp3) is 0.531. The molecule has 7 heteroatoms. The second-order valence-electron chi connectivity index (χ2n) is 10.7. The van der Waals surface area contributed by atoms with Gasteiger partial charge in [0.15, 0.2) is 0 Å². The molecule has 2 aromatic carbocycles. The Balaban J connectivity index is 1.70. The summed E-state index contributed by atoms with van der Waals surface area (Å²) in [5.74, 6) is 0.0508. The zero-order valence-electron chi connectivity index (χ0n) is 24.4. The maximum atomic E-state index is 13.4. The summed E-state index contributed by atoms with van der Waals surface area (Å²) in [4.78, 5) is 43.9. The minimum absolute atomic E-state index is 0.00765. The molecule has 1 aliphatic rings. The van der Waals surface area contributed by atoms with E-state index in [-0.39, 0.29) is 17.8 Å². The van der Waals surface area contributed by atoms with Gasteiger partial charge in [-0.3, -0.25) is 9.59 Å². The molecule has 2 aromatic rings. The number of carbonyl (C=O) groups excluding carboxylic acids is 3. The molecule has 0 radical (unpaired) electrons. The van der Waals surface area contributed by atoms with Crippen molar-refractivity contribution >= 4 is 17.8 Å². The Hall–Kier alpha value is -3.35. The highest BCUT2D eigenvalue weighted by Crippen LogP contribution is 2.25. The number of nitrogens with one attached hydrogen (secondary N) is 1. The van der Waals surface area contributed by atoms with Crippen molar-refractivity contribution in [1.29, 1.82) is 0 Å². The highest BCUT2D eigenvalue weighted by atomic mass is 16.2. The number of urea groups is 1. The van der Waals surface area contributed by atoms with E-state index in [4.69, 9.17) is 0 Å². The van der Waals surface area contributed by atoms with E-state index in [1.807, 2.05) is 17.9 Å². The van der Waals surface area contributed by atoms with Gasteiger partial charge in [0.2, 0.25) is 11.8 Å². The Kier molecular flexibility index (Phi) is 11.4. The summed E-state index contributed by atoms with van der Waals surface area (Å²) in [5.41, 5.74) is 4.27. The van der Waals surface area contributed by atoms with Crippen molar-refractivity contribution in [3.63, 3.8) is 0 Å². The lowest BCUT2D eigenvalue weighted by Gasteiger charge is -2.42. The van der Waals surface area contributed by atoms with Gasteiger partial charge in [0.25, 0.3) is 0 Å². The van der Waals surface area contributed by atoms with Crippen LogP contribution in [0.5, 0.6) is 0 Å². The Morgan fingerprint density at radius 2 is 1.62 bits per heavy atom. The molecule has 212 valence electrons. The van der Waals surface area contributed by atoms with Gasteiger partial charge in [-0.05, 0) is 48.1 Å². The Morgan fingerprint density at radius 1 is 0.897 bits per heavy atom. The number of rotatable bonds is 13. The van der Waals surface area contributed by atoms with Gasteiger partial charge in [0.1, 0.15) is 12.1 Å². The largest absolute Gasteiger partial charge is 0.341 e. The smallest absolute Gasteiger partial charge is 0.317 e. The molecule has 2 atom stereocenters. The van der Waals surface area contributed by atoms with Crippen LogP contribution < -0.4 is 5.32 Å². The number of nitrogens with zero attached hydrogens (tertiary/aromatic N) is 3. The molecular weight excluding hydrogens is 488 g/mol. The van der Waals surface area contributed by atoms with Crippen molar-refractivity contribution in [3.05, 3.63) is 59.7 Å². The topological polar surface area (TPSA) is 73.0 Å². The van der Waals surface area contributed by atoms with Gasteiger partial charge in [-0.25, -0.2) is 4.79 Å². The van der Waals surface area contributed by atoms with Gasteiger partial charge in [-0.1, -0.05) is 82.0 Å². The summed E-state index contributed by atoms with van der Waals surface area (Å²) in [6, 6.07) is 15.6. The van der Waals surface area contributed by atoms with Crippen molar-refractivity contribution in [2.75, 3.05) is 27.2 Å². The Labute approximate surface area is 234 Å². The van der Waals surface area contributed by atoms with Crippen molar-refractivity contribution < 1.29 is 14.4 Å². The zero-order valence-corrected chi connectivity index (χ0v) is 24.4. The fourth-order valence-corrected chi connectivity index (χ4v) is 5.25. The monoisotopic (exact) mass is 534 g/mol. The highest BCUT2D eigenvalue weighted by Gasteiger charge is 2.41. The van der Waals surface area contributed by atoms with Crippen LogP contribution in [0, 0.1) is 0 Å². The number of benzene rings is 2. The van der Waals surface area contributed by atoms with Gasteiger partial charge in [0, 0.05) is 40.2 Å². The lowest BCUT2D eigenvalue weighted by Crippen LogP contribution is -2.63. The lowest BCUT2D eigenvalue weighted by molar-refractivity contribution is -0.159. The molecule has 0 aliphatic carbocycles. The van der Waals surface area contributed by atoms with Crippen molar-refractivity contribution in [3.8, 4) is 11.1 Å². The van der Waals surface area contributed by atoms with E-state index in [9.17, 15) is 14.4 Å². The third-order valence-electron chi connectivity index (χ3n) is 7.76. The lowest BCUT2D eigenvalue weighted by atomic mass is 9.96. The molecule has 4 amide bonds. The maximum Gasteiger partial charge on any atom is 0.317 e. The molecule has 0 unspecified atom stereocenters. The average Bonchev–Trinajstić information content (AvgIpc) is 2.96. The van der Waals surface area contributed by atoms with Crippen molar-refractivity contribution in [1.82, 2.24) is 20.0 Å². The number of unbranched alkanes of at least 4 members (excludes halogenated alkanes) is 4. The Morgan fingerprint density at radius 3 is 2.28 bits per heavy atom.